The van der Waals surface area contributed by atoms with Crippen molar-refractivity contribution in [2.45, 2.75) is 78.5 Å². The number of aromatic nitrogens is 1. The third-order valence-electron chi connectivity index (χ3n) is 7.51. The Morgan fingerprint density at radius 2 is 1.75 bits per heavy atom. The number of benzene rings is 1. The molecule has 216 valence electrons. The number of rotatable bonds is 4. The second kappa shape index (κ2) is 11.3. The van der Waals surface area contributed by atoms with Crippen molar-refractivity contribution in [2.24, 2.45) is 0 Å². The highest BCUT2D eigenvalue weighted by atomic mass is 16.6. The second-order valence-corrected chi connectivity index (χ2v) is 12.0. The van der Waals surface area contributed by atoms with E-state index < -0.39 is 12.2 Å². The van der Waals surface area contributed by atoms with Crippen molar-refractivity contribution in [1.82, 2.24) is 15.2 Å². The van der Waals surface area contributed by atoms with E-state index in [1.807, 2.05) is 44.0 Å². The molecule has 0 saturated carbocycles. The topological polar surface area (TPSA) is 115 Å². The van der Waals surface area contributed by atoms with Gasteiger partial charge in [-0.1, -0.05) is 20.8 Å². The monoisotopic (exact) mass is 551 g/mol. The summed E-state index contributed by atoms with van der Waals surface area (Å²) in [7, 11) is 0. The number of alkyl carbamates (subject to hydrolysis) is 1. The van der Waals surface area contributed by atoms with E-state index in [0.717, 1.165) is 33.8 Å². The molecule has 1 saturated heterocycles. The molecular formula is C30H41N5O5. The van der Waals surface area contributed by atoms with Crippen LogP contribution in [0.5, 0.6) is 0 Å². The molecule has 0 radical (unpaired) electrons. The zero-order chi connectivity index (χ0) is 29.4. The molecule has 2 aromatic rings. The average Bonchev–Trinajstić information content (AvgIpc) is 2.87. The van der Waals surface area contributed by atoms with Crippen molar-refractivity contribution in [1.29, 1.82) is 0 Å². The molecule has 40 heavy (non-hydrogen) atoms. The zero-order valence-electron chi connectivity index (χ0n) is 24.5. The Morgan fingerprint density at radius 1 is 1.07 bits per heavy atom. The molecule has 2 aliphatic heterocycles. The summed E-state index contributed by atoms with van der Waals surface area (Å²) in [6, 6.07) is 7.72. The molecule has 1 aromatic heterocycles. The summed E-state index contributed by atoms with van der Waals surface area (Å²) in [4.78, 5) is 46.9. The fourth-order valence-electron chi connectivity index (χ4n) is 5.59. The molecule has 3 heterocycles. The molecule has 0 bridgehead atoms. The molecular weight excluding hydrogens is 510 g/mol. The van der Waals surface area contributed by atoms with Crippen molar-refractivity contribution < 1.29 is 24.2 Å². The maximum absolute atomic E-state index is 12.9. The minimum Gasteiger partial charge on any atom is -0.465 e. The molecule has 3 amide bonds. The van der Waals surface area contributed by atoms with E-state index in [1.54, 1.807) is 6.92 Å². The minimum absolute atomic E-state index is 0.0378. The second-order valence-electron chi connectivity index (χ2n) is 12.0. The lowest BCUT2D eigenvalue weighted by molar-refractivity contribution is -0.117. The van der Waals surface area contributed by atoms with Gasteiger partial charge in [0.2, 0.25) is 5.91 Å². The third kappa shape index (κ3) is 6.16. The number of amides is 3. The Kier molecular flexibility index (Phi) is 8.28. The number of ether oxygens (including phenoxy) is 1. The van der Waals surface area contributed by atoms with E-state index in [0.29, 0.717) is 32.6 Å². The van der Waals surface area contributed by atoms with Crippen molar-refractivity contribution in [3.8, 4) is 11.1 Å². The number of hydrogen-bond donors (Lipinski definition) is 2. The van der Waals surface area contributed by atoms with Crippen molar-refractivity contribution in [3.63, 3.8) is 0 Å². The Labute approximate surface area is 236 Å². The molecule has 0 spiro atoms. The highest BCUT2D eigenvalue weighted by Crippen LogP contribution is 2.46. The first-order valence-electron chi connectivity index (χ1n) is 13.9. The van der Waals surface area contributed by atoms with Gasteiger partial charge in [-0.05, 0) is 73.6 Å². The smallest absolute Gasteiger partial charge is 0.407 e. The van der Waals surface area contributed by atoms with Crippen LogP contribution in [0.1, 0.15) is 72.1 Å². The molecule has 2 N–H and O–H groups in total. The van der Waals surface area contributed by atoms with E-state index in [9.17, 15) is 19.5 Å². The van der Waals surface area contributed by atoms with Crippen LogP contribution in [0.3, 0.4) is 0 Å². The third-order valence-corrected chi connectivity index (χ3v) is 7.51. The first-order chi connectivity index (χ1) is 18.8. The lowest BCUT2D eigenvalue weighted by Crippen LogP contribution is -2.48. The van der Waals surface area contributed by atoms with E-state index >= 15 is 0 Å². The van der Waals surface area contributed by atoms with E-state index in [2.05, 4.69) is 43.1 Å². The largest absolute Gasteiger partial charge is 0.465 e. The molecule has 0 unspecified atom stereocenters. The normalized spacial score (nSPS) is 19.4. The van der Waals surface area contributed by atoms with Gasteiger partial charge >= 0.3 is 12.2 Å². The van der Waals surface area contributed by atoms with Crippen LogP contribution in [-0.2, 0) is 14.9 Å². The van der Waals surface area contributed by atoms with Gasteiger partial charge in [0.25, 0.3) is 0 Å². The predicted molar refractivity (Wildman–Crippen MR) is 155 cm³/mol. The summed E-state index contributed by atoms with van der Waals surface area (Å²) in [6.45, 7) is 15.6. The van der Waals surface area contributed by atoms with Crippen LogP contribution >= 0.6 is 0 Å². The van der Waals surface area contributed by atoms with Crippen molar-refractivity contribution in [2.75, 3.05) is 36.0 Å². The maximum atomic E-state index is 12.9. The number of carbonyl (C=O) groups excluding carboxylic acids is 2. The van der Waals surface area contributed by atoms with Crippen LogP contribution in [0, 0.1) is 0 Å². The molecule has 4 rings (SSSR count). The molecule has 1 aromatic carbocycles. The van der Waals surface area contributed by atoms with Gasteiger partial charge in [0.1, 0.15) is 5.82 Å². The van der Waals surface area contributed by atoms with Gasteiger partial charge in [-0.2, -0.15) is 0 Å². The number of nitrogens with zero attached hydrogens (tertiary/aromatic N) is 4. The SMILES string of the molecule is CC(=O)N1c2c(cc(-c3ccc(N4CCN(C(=O)O)CC4)nc3)cc2C(C)(C)C)[C@@H](NC(=O)OC(C)C)C[C@H]1C. The number of carbonyl (C=O) groups is 3. The molecule has 2 atom stereocenters. The van der Waals surface area contributed by atoms with E-state index in [-0.39, 0.29) is 29.5 Å². The first-order valence-corrected chi connectivity index (χ1v) is 13.9. The highest BCUT2D eigenvalue weighted by Gasteiger charge is 2.38. The minimum atomic E-state index is -0.895. The summed E-state index contributed by atoms with van der Waals surface area (Å²) in [5.41, 5.74) is 4.31. The first kappa shape index (κ1) is 29.2. The van der Waals surface area contributed by atoms with Gasteiger partial charge in [-0.3, -0.25) is 4.79 Å². The number of piperazine rings is 1. The van der Waals surface area contributed by atoms with Gasteiger partial charge in [0, 0.05) is 50.9 Å². The lowest BCUT2D eigenvalue weighted by Gasteiger charge is -2.42. The molecule has 0 aliphatic carbocycles. The van der Waals surface area contributed by atoms with E-state index in [4.69, 9.17) is 9.72 Å². The van der Waals surface area contributed by atoms with Gasteiger partial charge < -0.3 is 29.9 Å². The van der Waals surface area contributed by atoms with Crippen LogP contribution in [0.2, 0.25) is 0 Å². The fraction of sp³-hybridized carbons (Fsp3) is 0.533. The van der Waals surface area contributed by atoms with Crippen molar-refractivity contribution in [3.05, 3.63) is 41.6 Å². The molecule has 10 heteroatoms. The molecule has 1 fully saturated rings. The lowest BCUT2D eigenvalue weighted by atomic mass is 9.78. The molecule has 2 aliphatic rings. The summed E-state index contributed by atoms with van der Waals surface area (Å²) < 4.78 is 5.40. The highest BCUT2D eigenvalue weighted by molar-refractivity contribution is 5.96. The summed E-state index contributed by atoms with van der Waals surface area (Å²) >= 11 is 0. The van der Waals surface area contributed by atoms with Gasteiger partial charge in [-0.15, -0.1) is 0 Å². The number of carboxylic acid groups (broad SMARTS) is 1. The van der Waals surface area contributed by atoms with Crippen LogP contribution in [0.15, 0.2) is 30.5 Å². The molecule has 10 nitrogen and oxygen atoms in total. The Morgan fingerprint density at radius 3 is 2.27 bits per heavy atom. The number of pyridine rings is 1. The zero-order valence-corrected chi connectivity index (χ0v) is 24.5. The quantitative estimate of drug-likeness (QED) is 0.539. The summed E-state index contributed by atoms with van der Waals surface area (Å²) in [5.74, 6) is 0.763. The van der Waals surface area contributed by atoms with Gasteiger partial charge in [-0.25, -0.2) is 14.6 Å². The van der Waals surface area contributed by atoms with Gasteiger partial charge in [0.05, 0.1) is 17.8 Å². The summed E-state index contributed by atoms with van der Waals surface area (Å²) in [6.07, 6.45) is 0.768. The van der Waals surface area contributed by atoms with Crippen LogP contribution in [0.25, 0.3) is 11.1 Å². The van der Waals surface area contributed by atoms with Crippen LogP contribution in [0.4, 0.5) is 21.1 Å². The average molecular weight is 552 g/mol. The van der Waals surface area contributed by atoms with Crippen molar-refractivity contribution >= 4 is 29.6 Å². The van der Waals surface area contributed by atoms with Gasteiger partial charge in [0.15, 0.2) is 0 Å². The standard InChI is InChI=1S/C30H41N5O5/c1-18(2)40-28(37)32-25-14-19(3)35(20(4)36)27-23(25)15-22(16-24(27)30(5,6)7)21-8-9-26(31-17-21)33-10-12-34(13-11-33)29(38)39/h8-9,15-19,25H,10-14H2,1-7H3,(H,32,37)(H,38,39)/t19-,25+/m1/s1. The van der Waals surface area contributed by atoms with E-state index in [1.165, 1.54) is 4.90 Å². The van der Waals surface area contributed by atoms with Crippen LogP contribution < -0.4 is 15.1 Å². The number of anilines is 2. The van der Waals surface area contributed by atoms with Crippen LogP contribution in [-0.4, -0.2) is 71.4 Å². The Balaban J connectivity index is 1.74. The number of fused-ring (bicyclic) bond motifs is 1. The Hall–Kier alpha value is -3.82. The fourth-order valence-corrected chi connectivity index (χ4v) is 5.59. The number of hydrogen-bond acceptors (Lipinski definition) is 6. The Bertz CT molecular complexity index is 1260. The number of nitrogens with one attached hydrogen (secondary N) is 1. The maximum Gasteiger partial charge on any atom is 0.407 e. The predicted octanol–water partition coefficient (Wildman–Crippen LogP) is 5.17. The summed E-state index contributed by atoms with van der Waals surface area (Å²) in [5, 5.41) is 12.3.